The Hall–Kier alpha value is -5.86. The smallest absolute Gasteiger partial charge is 0.0547 e. The fraction of sp³-hybridized carbons (Fsp3) is 0.176. The van der Waals surface area contributed by atoms with Crippen LogP contribution in [0.2, 0.25) is 0 Å². The summed E-state index contributed by atoms with van der Waals surface area (Å²) >= 11 is 0. The molecule has 0 saturated carbocycles. The first-order valence-electron chi connectivity index (χ1n) is 19.3. The normalized spacial score (nSPS) is 18.8. The molecule has 1 aromatic heterocycles. The Balaban J connectivity index is 1.08. The van der Waals surface area contributed by atoms with Crippen molar-refractivity contribution in [3.8, 4) is 16.8 Å². The molecule has 0 amide bonds. The van der Waals surface area contributed by atoms with Crippen molar-refractivity contribution < 1.29 is 0 Å². The van der Waals surface area contributed by atoms with E-state index in [4.69, 9.17) is 0 Å². The molecule has 10 rings (SSSR count). The SMILES string of the molecule is CC1(C)c2ccccc2C2CCC(N(c3ccc(C4=CCCC=C4)cc3)c3ccc(-c4cccc5c4c4ccccc4n5-c4ccccc4)cc3)=CC21. The quantitative estimate of drug-likeness (QED) is 0.169. The lowest BCUT2D eigenvalue weighted by molar-refractivity contribution is 0.341. The van der Waals surface area contributed by atoms with Crippen LogP contribution in [0.3, 0.4) is 0 Å². The van der Waals surface area contributed by atoms with E-state index in [2.05, 4.69) is 193 Å². The summed E-state index contributed by atoms with van der Waals surface area (Å²) in [5, 5.41) is 2.57. The van der Waals surface area contributed by atoms with Crippen molar-refractivity contribution in [3.63, 3.8) is 0 Å². The van der Waals surface area contributed by atoms with Gasteiger partial charge in [0.15, 0.2) is 0 Å². The lowest BCUT2D eigenvalue weighted by Gasteiger charge is -2.37. The van der Waals surface area contributed by atoms with Gasteiger partial charge in [0.2, 0.25) is 0 Å². The van der Waals surface area contributed by atoms with Crippen molar-refractivity contribution in [3.05, 3.63) is 192 Å². The molecule has 2 atom stereocenters. The van der Waals surface area contributed by atoms with Crippen LogP contribution in [0.4, 0.5) is 11.4 Å². The minimum atomic E-state index is 0.0870. The molecule has 0 radical (unpaired) electrons. The number of allylic oxidation sites excluding steroid dienone is 6. The molecule has 0 N–H and O–H groups in total. The van der Waals surface area contributed by atoms with Gasteiger partial charge in [0.25, 0.3) is 0 Å². The summed E-state index contributed by atoms with van der Waals surface area (Å²) < 4.78 is 2.40. The van der Waals surface area contributed by atoms with E-state index < -0.39 is 0 Å². The molecule has 3 aliphatic rings. The third kappa shape index (κ3) is 5.23. The first kappa shape index (κ1) is 31.8. The number of benzene rings is 6. The van der Waals surface area contributed by atoms with Gasteiger partial charge in [-0.05, 0) is 125 Å². The maximum absolute atomic E-state index is 2.63. The first-order chi connectivity index (χ1) is 26.1. The molecule has 2 nitrogen and oxygen atoms in total. The van der Waals surface area contributed by atoms with E-state index in [9.17, 15) is 0 Å². The summed E-state index contributed by atoms with van der Waals surface area (Å²) in [6.45, 7) is 4.90. The molecule has 258 valence electrons. The van der Waals surface area contributed by atoms with Crippen LogP contribution in [0, 0.1) is 5.92 Å². The molecule has 1 heterocycles. The largest absolute Gasteiger partial charge is 0.315 e. The Kier molecular flexibility index (Phi) is 7.61. The molecular formula is C51H44N2. The number of nitrogens with zero attached hydrogens (tertiary/aromatic N) is 2. The average Bonchev–Trinajstić information content (AvgIpc) is 3.68. The van der Waals surface area contributed by atoms with Gasteiger partial charge >= 0.3 is 0 Å². The average molecular weight is 685 g/mol. The summed E-state index contributed by atoms with van der Waals surface area (Å²) in [5.74, 6) is 1.03. The molecule has 2 heteroatoms. The number of fused-ring (bicyclic) bond motifs is 6. The molecule has 53 heavy (non-hydrogen) atoms. The summed E-state index contributed by atoms with van der Waals surface area (Å²) in [5.41, 5.74) is 15.7. The van der Waals surface area contributed by atoms with E-state index in [1.807, 2.05) is 0 Å². The number of rotatable bonds is 6. The lowest BCUT2D eigenvalue weighted by Crippen LogP contribution is -2.29. The topological polar surface area (TPSA) is 8.17 Å². The molecule has 0 fully saturated rings. The van der Waals surface area contributed by atoms with Gasteiger partial charge in [0, 0.05) is 33.5 Å². The van der Waals surface area contributed by atoms with Crippen LogP contribution in [0.5, 0.6) is 0 Å². The predicted molar refractivity (Wildman–Crippen MR) is 224 cm³/mol. The standard InChI is InChI=1S/C51H44N2/c1-51(2)46-21-11-9-18-43(46)44-33-32-41(34-47(44)51)52(39-28-24-36(25-29-39)35-14-5-3-6-15-35)40-30-26-37(27-31-40)42-20-13-23-49-50(42)45-19-10-12-22-48(45)53(49)38-16-7-4-8-17-38/h4-5,7-31,34,44,47H,3,6,32-33H2,1-2H3. The van der Waals surface area contributed by atoms with Gasteiger partial charge < -0.3 is 9.47 Å². The van der Waals surface area contributed by atoms with Crippen LogP contribution in [0.1, 0.15) is 62.1 Å². The minimum Gasteiger partial charge on any atom is -0.315 e. The summed E-state index contributed by atoms with van der Waals surface area (Å²) in [6, 6.07) is 54.1. The molecule has 0 aliphatic heterocycles. The molecule has 2 unspecified atom stereocenters. The number of hydrogen-bond donors (Lipinski definition) is 0. The zero-order valence-electron chi connectivity index (χ0n) is 30.5. The Bertz CT molecular complexity index is 2580. The number of hydrogen-bond acceptors (Lipinski definition) is 1. The van der Waals surface area contributed by atoms with Crippen LogP contribution in [-0.2, 0) is 5.41 Å². The van der Waals surface area contributed by atoms with Crippen molar-refractivity contribution in [2.24, 2.45) is 5.92 Å². The van der Waals surface area contributed by atoms with Gasteiger partial charge in [0.05, 0.1) is 11.0 Å². The third-order valence-corrected chi connectivity index (χ3v) is 12.3. The van der Waals surface area contributed by atoms with Crippen molar-refractivity contribution in [2.45, 2.75) is 50.9 Å². The molecule has 0 spiro atoms. The summed E-state index contributed by atoms with van der Waals surface area (Å²) in [6.07, 6.45) is 14.0. The second-order valence-corrected chi connectivity index (χ2v) is 15.6. The Morgan fingerprint density at radius 2 is 1.34 bits per heavy atom. The fourth-order valence-electron chi connectivity index (χ4n) is 9.74. The van der Waals surface area contributed by atoms with Crippen molar-refractivity contribution >= 4 is 38.8 Å². The van der Waals surface area contributed by atoms with Crippen molar-refractivity contribution in [1.29, 1.82) is 0 Å². The van der Waals surface area contributed by atoms with Crippen LogP contribution < -0.4 is 4.90 Å². The van der Waals surface area contributed by atoms with Gasteiger partial charge in [-0.2, -0.15) is 0 Å². The molecule has 3 aliphatic carbocycles. The molecule has 0 saturated heterocycles. The highest BCUT2D eigenvalue weighted by atomic mass is 15.1. The van der Waals surface area contributed by atoms with Gasteiger partial charge in [-0.25, -0.2) is 0 Å². The Morgan fingerprint density at radius 3 is 2.11 bits per heavy atom. The second-order valence-electron chi connectivity index (χ2n) is 15.6. The summed E-state index contributed by atoms with van der Waals surface area (Å²) in [4.78, 5) is 2.54. The van der Waals surface area contributed by atoms with Crippen LogP contribution in [0.15, 0.2) is 176 Å². The van der Waals surface area contributed by atoms with Crippen LogP contribution in [-0.4, -0.2) is 4.57 Å². The lowest BCUT2D eigenvalue weighted by atomic mass is 9.72. The monoisotopic (exact) mass is 684 g/mol. The van der Waals surface area contributed by atoms with E-state index in [1.165, 1.54) is 72.4 Å². The highest BCUT2D eigenvalue weighted by Crippen LogP contribution is 2.56. The van der Waals surface area contributed by atoms with Crippen LogP contribution >= 0.6 is 0 Å². The number of aromatic nitrogens is 1. The maximum Gasteiger partial charge on any atom is 0.0547 e. The molecular weight excluding hydrogens is 641 g/mol. The van der Waals surface area contributed by atoms with E-state index in [0.29, 0.717) is 11.8 Å². The van der Waals surface area contributed by atoms with E-state index in [-0.39, 0.29) is 5.41 Å². The third-order valence-electron chi connectivity index (χ3n) is 12.3. The highest BCUT2D eigenvalue weighted by Gasteiger charge is 2.46. The second kappa shape index (κ2) is 12.7. The molecule has 7 aromatic rings. The van der Waals surface area contributed by atoms with Gasteiger partial charge in [0.1, 0.15) is 0 Å². The Morgan fingerprint density at radius 1 is 0.642 bits per heavy atom. The van der Waals surface area contributed by atoms with E-state index in [0.717, 1.165) is 25.7 Å². The summed E-state index contributed by atoms with van der Waals surface area (Å²) in [7, 11) is 0. The number of anilines is 2. The molecule has 6 aromatic carbocycles. The highest BCUT2D eigenvalue weighted by molar-refractivity contribution is 6.15. The zero-order chi connectivity index (χ0) is 35.5. The maximum atomic E-state index is 2.63. The van der Waals surface area contributed by atoms with Gasteiger partial charge in [-0.1, -0.05) is 135 Å². The zero-order valence-corrected chi connectivity index (χ0v) is 30.5. The number of para-hydroxylation sites is 2. The van der Waals surface area contributed by atoms with Crippen molar-refractivity contribution in [2.75, 3.05) is 4.90 Å². The fourth-order valence-corrected chi connectivity index (χ4v) is 9.74. The van der Waals surface area contributed by atoms with Gasteiger partial charge in [-0.3, -0.25) is 0 Å². The predicted octanol–water partition coefficient (Wildman–Crippen LogP) is 13.7. The minimum absolute atomic E-state index is 0.0870. The first-order valence-corrected chi connectivity index (χ1v) is 19.3. The van der Waals surface area contributed by atoms with E-state index >= 15 is 0 Å². The molecule has 0 bridgehead atoms. The van der Waals surface area contributed by atoms with Crippen molar-refractivity contribution in [1.82, 2.24) is 4.57 Å². The Labute approximate surface area is 313 Å². The van der Waals surface area contributed by atoms with Crippen LogP contribution in [0.25, 0.3) is 44.2 Å². The van der Waals surface area contributed by atoms with Gasteiger partial charge in [-0.15, -0.1) is 0 Å². The van der Waals surface area contributed by atoms with E-state index in [1.54, 1.807) is 5.56 Å².